The Bertz CT molecular complexity index is 1400. The highest BCUT2D eigenvalue weighted by Gasteiger charge is 2.36. The van der Waals surface area contributed by atoms with Gasteiger partial charge < -0.3 is 14.8 Å². The Labute approximate surface area is 236 Å². The van der Waals surface area contributed by atoms with E-state index in [4.69, 9.17) is 26.1 Å². The van der Waals surface area contributed by atoms with E-state index in [2.05, 4.69) is 36.0 Å². The maximum atomic E-state index is 13.6. The van der Waals surface area contributed by atoms with Gasteiger partial charge in [-0.2, -0.15) is 5.26 Å². The molecule has 1 aliphatic heterocycles. The summed E-state index contributed by atoms with van der Waals surface area (Å²) in [7, 11) is -1.25. The standard InChI is InChI=1S/C28H39ClN6O3Si/c1-18(35(20-8-9-31-14-20)27(36)38-28(2,3)4)24-22(29)15-33-26-25(24)21-12-19(13-30)32-16-23(21)34(26)17-37-10-11-39(5,6)7/h12,15-16,18,20,31H,8-11,14,17H2,1-7H3/t18?,20-/m0/s1. The third kappa shape index (κ3) is 6.55. The van der Waals surface area contributed by atoms with Crippen molar-refractivity contribution in [1.82, 2.24) is 24.8 Å². The molecular formula is C28H39ClN6O3Si. The molecule has 0 spiro atoms. The van der Waals surface area contributed by atoms with Gasteiger partial charge in [-0.05, 0) is 52.8 Å². The molecule has 3 aromatic heterocycles. The number of pyridine rings is 2. The number of carbonyl (C=O) groups excluding carboxylic acids is 1. The van der Waals surface area contributed by atoms with Crippen molar-refractivity contribution in [3.05, 3.63) is 34.7 Å². The van der Waals surface area contributed by atoms with Gasteiger partial charge >= 0.3 is 6.09 Å². The lowest BCUT2D eigenvalue weighted by Crippen LogP contribution is -2.45. The summed E-state index contributed by atoms with van der Waals surface area (Å²) in [6.07, 6.45) is 3.74. The van der Waals surface area contributed by atoms with Crippen molar-refractivity contribution >= 4 is 47.7 Å². The highest BCUT2D eigenvalue weighted by atomic mass is 35.5. The van der Waals surface area contributed by atoms with Crippen LogP contribution in [0.3, 0.4) is 0 Å². The first kappa shape index (κ1) is 29.3. The Morgan fingerprint density at radius 2 is 2.08 bits per heavy atom. The molecule has 9 nitrogen and oxygen atoms in total. The zero-order valence-corrected chi connectivity index (χ0v) is 25.7. The van der Waals surface area contributed by atoms with Gasteiger partial charge in [0.15, 0.2) is 0 Å². The average Bonchev–Trinajstić information content (AvgIpc) is 3.46. The lowest BCUT2D eigenvalue weighted by molar-refractivity contribution is 0.00846. The monoisotopic (exact) mass is 570 g/mol. The van der Waals surface area contributed by atoms with Crippen LogP contribution in [0.1, 0.15) is 51.4 Å². The molecule has 210 valence electrons. The molecule has 0 saturated carbocycles. The molecule has 4 heterocycles. The second kappa shape index (κ2) is 11.4. The molecule has 1 aliphatic rings. The van der Waals surface area contributed by atoms with Gasteiger partial charge in [-0.25, -0.2) is 14.8 Å². The molecule has 0 radical (unpaired) electrons. The van der Waals surface area contributed by atoms with Crippen LogP contribution in [-0.2, 0) is 16.2 Å². The number of fused-ring (bicyclic) bond motifs is 3. The van der Waals surface area contributed by atoms with E-state index < -0.39 is 19.7 Å². The van der Waals surface area contributed by atoms with Crippen molar-refractivity contribution < 1.29 is 14.3 Å². The third-order valence-corrected chi connectivity index (χ3v) is 8.95. The van der Waals surface area contributed by atoms with Crippen LogP contribution >= 0.6 is 11.6 Å². The van der Waals surface area contributed by atoms with Gasteiger partial charge in [-0.3, -0.25) is 9.47 Å². The van der Waals surface area contributed by atoms with Gasteiger partial charge in [0.25, 0.3) is 0 Å². The molecule has 11 heteroatoms. The minimum atomic E-state index is -1.25. The number of halogens is 1. The summed E-state index contributed by atoms with van der Waals surface area (Å²) in [5.41, 5.74) is 1.89. The molecule has 4 rings (SSSR count). The molecule has 1 N–H and O–H groups in total. The number of hydrogen-bond acceptors (Lipinski definition) is 7. The second-order valence-corrected chi connectivity index (χ2v) is 18.4. The fourth-order valence-electron chi connectivity index (χ4n) is 5.03. The van der Waals surface area contributed by atoms with Crippen molar-refractivity contribution in [2.24, 2.45) is 0 Å². The Hall–Kier alpha value is -2.71. The number of nitrogens with one attached hydrogen (secondary N) is 1. The molecular weight excluding hydrogens is 532 g/mol. The lowest BCUT2D eigenvalue weighted by atomic mass is 10.0. The molecule has 0 bridgehead atoms. The zero-order valence-electron chi connectivity index (χ0n) is 24.0. The molecule has 39 heavy (non-hydrogen) atoms. The normalized spacial score (nSPS) is 16.9. The molecule has 2 atom stereocenters. The van der Waals surface area contributed by atoms with E-state index in [9.17, 15) is 10.1 Å². The van der Waals surface area contributed by atoms with Gasteiger partial charge in [0.05, 0.1) is 22.8 Å². The molecule has 3 aromatic rings. The van der Waals surface area contributed by atoms with Gasteiger partial charge in [0, 0.05) is 49.8 Å². The number of ether oxygens (including phenoxy) is 2. The zero-order chi connectivity index (χ0) is 28.5. The van der Waals surface area contributed by atoms with Crippen LogP contribution < -0.4 is 5.32 Å². The van der Waals surface area contributed by atoms with Crippen LogP contribution in [0.15, 0.2) is 18.5 Å². The Morgan fingerprint density at radius 1 is 1.33 bits per heavy atom. The maximum absolute atomic E-state index is 13.6. The quantitative estimate of drug-likeness (QED) is 0.258. The molecule has 1 fully saturated rings. The molecule has 0 aliphatic carbocycles. The third-order valence-electron chi connectivity index (χ3n) is 6.95. The minimum Gasteiger partial charge on any atom is -0.444 e. The highest BCUT2D eigenvalue weighted by Crippen LogP contribution is 2.40. The van der Waals surface area contributed by atoms with Crippen molar-refractivity contribution in [2.45, 2.75) is 84.2 Å². The number of nitrogens with zero attached hydrogens (tertiary/aromatic N) is 5. The van der Waals surface area contributed by atoms with Crippen LogP contribution in [0.5, 0.6) is 0 Å². The first-order valence-corrected chi connectivity index (χ1v) is 17.6. The topological polar surface area (TPSA) is 105 Å². The predicted octanol–water partition coefficient (Wildman–Crippen LogP) is 6.08. The van der Waals surface area contributed by atoms with Crippen LogP contribution in [0.25, 0.3) is 21.9 Å². The number of nitriles is 1. The fraction of sp³-hybridized carbons (Fsp3) is 0.571. The number of hydrogen-bond donors (Lipinski definition) is 1. The summed E-state index contributed by atoms with van der Waals surface area (Å²) in [6.45, 7) is 17.0. The van der Waals surface area contributed by atoms with Gasteiger partial charge in [-0.15, -0.1) is 0 Å². The van der Waals surface area contributed by atoms with E-state index in [0.717, 1.165) is 40.9 Å². The minimum absolute atomic E-state index is 0.0521. The van der Waals surface area contributed by atoms with E-state index in [-0.39, 0.29) is 12.1 Å². The summed E-state index contributed by atoms with van der Waals surface area (Å²) in [4.78, 5) is 24.4. The number of amides is 1. The van der Waals surface area contributed by atoms with Crippen LogP contribution in [-0.4, -0.2) is 64.9 Å². The fourth-order valence-corrected chi connectivity index (χ4v) is 6.09. The van der Waals surface area contributed by atoms with E-state index in [1.807, 2.05) is 32.3 Å². The second-order valence-electron chi connectivity index (χ2n) is 12.4. The summed E-state index contributed by atoms with van der Waals surface area (Å²) in [5.74, 6) is 0. The Kier molecular flexibility index (Phi) is 8.57. The first-order chi connectivity index (χ1) is 18.3. The molecule has 1 saturated heterocycles. The van der Waals surface area contributed by atoms with Crippen molar-refractivity contribution in [2.75, 3.05) is 19.7 Å². The smallest absolute Gasteiger partial charge is 0.411 e. The van der Waals surface area contributed by atoms with E-state index >= 15 is 0 Å². The lowest BCUT2D eigenvalue weighted by Gasteiger charge is -2.36. The van der Waals surface area contributed by atoms with Crippen molar-refractivity contribution in [3.63, 3.8) is 0 Å². The Balaban J connectivity index is 1.86. The van der Waals surface area contributed by atoms with Crippen molar-refractivity contribution in [1.29, 1.82) is 5.26 Å². The first-order valence-electron chi connectivity index (χ1n) is 13.5. The Morgan fingerprint density at radius 3 is 2.69 bits per heavy atom. The van der Waals surface area contributed by atoms with Gasteiger partial charge in [0.1, 0.15) is 29.7 Å². The van der Waals surface area contributed by atoms with E-state index in [1.165, 1.54) is 0 Å². The van der Waals surface area contributed by atoms with Crippen molar-refractivity contribution in [3.8, 4) is 6.07 Å². The van der Waals surface area contributed by atoms with Gasteiger partial charge in [0.2, 0.25) is 0 Å². The summed E-state index contributed by atoms with van der Waals surface area (Å²) in [6, 6.07) is 4.48. The van der Waals surface area contributed by atoms with E-state index in [1.54, 1.807) is 23.4 Å². The molecule has 1 unspecified atom stereocenters. The largest absolute Gasteiger partial charge is 0.444 e. The number of rotatable bonds is 8. The maximum Gasteiger partial charge on any atom is 0.411 e. The number of aromatic nitrogens is 3. The van der Waals surface area contributed by atoms with Crippen LogP contribution in [0, 0.1) is 11.3 Å². The summed E-state index contributed by atoms with van der Waals surface area (Å²) >= 11 is 6.87. The summed E-state index contributed by atoms with van der Waals surface area (Å²) in [5, 5.41) is 15.0. The molecule has 1 amide bonds. The summed E-state index contributed by atoms with van der Waals surface area (Å²) < 4.78 is 13.9. The van der Waals surface area contributed by atoms with Gasteiger partial charge in [-0.1, -0.05) is 31.2 Å². The SMILES string of the molecule is CC(c1c(Cl)cnc2c1c1cc(C#N)ncc1n2COCC[Si](C)(C)C)N(C(=O)OC(C)(C)C)[C@H]1CCNC1. The average molecular weight is 571 g/mol. The van der Waals surface area contributed by atoms with Crippen LogP contribution in [0.4, 0.5) is 4.79 Å². The number of carbonyl (C=O) groups is 1. The predicted molar refractivity (Wildman–Crippen MR) is 157 cm³/mol. The van der Waals surface area contributed by atoms with E-state index in [0.29, 0.717) is 36.2 Å². The highest BCUT2D eigenvalue weighted by molar-refractivity contribution is 6.76. The molecule has 0 aromatic carbocycles. The van der Waals surface area contributed by atoms with Crippen LogP contribution in [0.2, 0.25) is 30.7 Å².